The first-order chi connectivity index (χ1) is 22.2. The van der Waals surface area contributed by atoms with E-state index in [4.69, 9.17) is 9.57 Å². The lowest BCUT2D eigenvalue weighted by molar-refractivity contribution is -0.147. The van der Waals surface area contributed by atoms with Crippen molar-refractivity contribution in [3.8, 4) is 0 Å². The number of piperidine rings is 1. The van der Waals surface area contributed by atoms with Crippen molar-refractivity contribution in [3.05, 3.63) is 36.0 Å². The topological polar surface area (TPSA) is 151 Å². The second-order valence-electron chi connectivity index (χ2n) is 12.8. The molecule has 1 aromatic heterocycles. The lowest BCUT2D eigenvalue weighted by Crippen LogP contribution is -2.64. The number of rotatable bonds is 11. The predicted octanol–water partition coefficient (Wildman–Crippen LogP) is 2.05. The van der Waals surface area contributed by atoms with E-state index in [0.29, 0.717) is 38.6 Å². The Morgan fingerprint density at radius 3 is 2.48 bits per heavy atom. The molecular weight excluding hydrogens is 590 g/mol. The van der Waals surface area contributed by atoms with E-state index in [1.165, 1.54) is 0 Å². The zero-order valence-corrected chi connectivity index (χ0v) is 27.3. The maximum Gasteiger partial charge on any atom is 0.246 e. The fourth-order valence-corrected chi connectivity index (χ4v) is 6.72. The Balaban J connectivity index is 1.44. The summed E-state index contributed by atoms with van der Waals surface area (Å²) in [4.78, 5) is 74.9. The second kappa shape index (κ2) is 14.7. The lowest BCUT2D eigenvalue weighted by atomic mass is 9.93. The van der Waals surface area contributed by atoms with E-state index in [-0.39, 0.29) is 42.5 Å². The fourth-order valence-electron chi connectivity index (χ4n) is 6.72. The molecular formula is C34H47N5O7. The van der Waals surface area contributed by atoms with Crippen LogP contribution in [0.5, 0.6) is 0 Å². The van der Waals surface area contributed by atoms with E-state index in [9.17, 15) is 24.0 Å². The molecule has 7 atom stereocenters. The average Bonchev–Trinajstić information content (AvgIpc) is 3.77. The van der Waals surface area contributed by atoms with Gasteiger partial charge in [-0.05, 0) is 56.1 Å². The van der Waals surface area contributed by atoms with Crippen molar-refractivity contribution in [1.29, 1.82) is 0 Å². The molecule has 1 aromatic carbocycles. The number of carbonyl (C=O) groups excluding carboxylic acids is 5. The van der Waals surface area contributed by atoms with E-state index in [0.717, 1.165) is 29.3 Å². The van der Waals surface area contributed by atoms with Gasteiger partial charge in [0.2, 0.25) is 23.6 Å². The van der Waals surface area contributed by atoms with Crippen molar-refractivity contribution in [1.82, 2.24) is 25.6 Å². The van der Waals surface area contributed by atoms with Crippen LogP contribution in [0.2, 0.25) is 0 Å². The van der Waals surface area contributed by atoms with Crippen molar-refractivity contribution in [2.45, 2.75) is 115 Å². The number of amides is 4. The maximum absolute atomic E-state index is 14.1. The van der Waals surface area contributed by atoms with Gasteiger partial charge in [-0.2, -0.15) is 4.73 Å². The van der Waals surface area contributed by atoms with Crippen molar-refractivity contribution in [2.24, 2.45) is 5.92 Å². The molecule has 3 aliphatic heterocycles. The monoisotopic (exact) mass is 637 g/mol. The molecule has 0 bridgehead atoms. The molecule has 0 radical (unpaired) electrons. The van der Waals surface area contributed by atoms with Gasteiger partial charge in [0.1, 0.15) is 37.4 Å². The number of benzene rings is 1. The summed E-state index contributed by atoms with van der Waals surface area (Å²) < 4.78 is 7.15. The van der Waals surface area contributed by atoms with Gasteiger partial charge in [-0.3, -0.25) is 24.0 Å². The molecule has 3 N–H and O–H groups in total. The Morgan fingerprint density at radius 1 is 1.00 bits per heavy atom. The number of ketones is 1. The fraction of sp³-hybridized carbons (Fsp3) is 0.618. The molecule has 5 rings (SSSR count). The van der Waals surface area contributed by atoms with Gasteiger partial charge in [0, 0.05) is 31.0 Å². The zero-order chi connectivity index (χ0) is 33.0. The highest BCUT2D eigenvalue weighted by atomic mass is 16.6. The first-order valence-electron chi connectivity index (χ1n) is 16.7. The van der Waals surface area contributed by atoms with E-state index in [2.05, 4.69) is 16.0 Å². The largest absolute Gasteiger partial charge is 0.417 e. The molecule has 0 spiro atoms. The van der Waals surface area contributed by atoms with Crippen LogP contribution in [-0.4, -0.2) is 89.1 Å². The minimum Gasteiger partial charge on any atom is -0.417 e. The molecule has 12 heteroatoms. The zero-order valence-electron chi connectivity index (χ0n) is 27.3. The molecule has 12 nitrogen and oxygen atoms in total. The van der Waals surface area contributed by atoms with Crippen LogP contribution in [0.25, 0.3) is 10.9 Å². The van der Waals surface area contributed by atoms with Gasteiger partial charge in [0.25, 0.3) is 0 Å². The summed E-state index contributed by atoms with van der Waals surface area (Å²) in [6.07, 6.45) is 5.80. The van der Waals surface area contributed by atoms with Gasteiger partial charge >= 0.3 is 0 Å². The minimum absolute atomic E-state index is 0.0588. The standard InChI is InChI=1S/C34H47N5O7/c1-5-20(3)29-34(44)38-17-10-9-15-26(38)33(43)35-23(13-11-16-28-30(46-28)27(40)6-2)31(41)36-24(32(42)37-29)18-21-19-39(45-4)25-14-8-7-12-22(21)25/h7-8,12,14,19-20,23-24,26,28-30H,5-6,9-11,13,15-18H2,1-4H3,(H,35,43)(H,36,41)(H,37,42)/t20?,23-,24-,26?,28?,29-,30?/m0/s1. The average molecular weight is 638 g/mol. The predicted molar refractivity (Wildman–Crippen MR) is 171 cm³/mol. The maximum atomic E-state index is 14.1. The van der Waals surface area contributed by atoms with Crippen LogP contribution in [0.4, 0.5) is 0 Å². The van der Waals surface area contributed by atoms with Crippen molar-refractivity contribution >= 4 is 40.3 Å². The Bertz CT molecular complexity index is 1460. The number of ether oxygens (including phenoxy) is 1. The van der Waals surface area contributed by atoms with Crippen LogP contribution in [0.15, 0.2) is 30.5 Å². The minimum atomic E-state index is -1.03. The molecule has 2 aromatic rings. The van der Waals surface area contributed by atoms with Gasteiger partial charge in [-0.1, -0.05) is 45.4 Å². The third kappa shape index (κ3) is 7.22. The molecule has 3 saturated heterocycles. The molecule has 0 aliphatic carbocycles. The molecule has 4 amide bonds. The number of para-hydroxylation sites is 1. The van der Waals surface area contributed by atoms with Crippen molar-refractivity contribution in [3.63, 3.8) is 0 Å². The van der Waals surface area contributed by atoms with Gasteiger partial charge in [-0.15, -0.1) is 0 Å². The Kier molecular flexibility index (Phi) is 10.7. The van der Waals surface area contributed by atoms with Crippen molar-refractivity contribution < 1.29 is 33.5 Å². The highest BCUT2D eigenvalue weighted by molar-refractivity contribution is 5.98. The van der Waals surface area contributed by atoms with E-state index in [1.54, 1.807) is 29.9 Å². The Morgan fingerprint density at radius 2 is 1.74 bits per heavy atom. The van der Waals surface area contributed by atoms with Crippen LogP contribution < -0.4 is 20.8 Å². The van der Waals surface area contributed by atoms with Gasteiger partial charge in [0.15, 0.2) is 5.78 Å². The molecule has 3 fully saturated rings. The number of carbonyl (C=O) groups is 5. The summed E-state index contributed by atoms with van der Waals surface area (Å²) in [5, 5.41) is 9.71. The molecule has 250 valence electrons. The van der Waals surface area contributed by atoms with Gasteiger partial charge < -0.3 is 30.4 Å². The summed E-state index contributed by atoms with van der Waals surface area (Å²) in [6, 6.07) is 4.07. The van der Waals surface area contributed by atoms with Crippen LogP contribution in [0.3, 0.4) is 0 Å². The Hall–Kier alpha value is -3.93. The normalized spacial score (nSPS) is 27.9. The first-order valence-corrected chi connectivity index (χ1v) is 16.7. The number of aromatic nitrogens is 1. The number of hydrogen-bond acceptors (Lipinski definition) is 7. The van der Waals surface area contributed by atoms with Gasteiger partial charge in [-0.25, -0.2) is 0 Å². The van der Waals surface area contributed by atoms with Crippen LogP contribution >= 0.6 is 0 Å². The number of nitrogens with one attached hydrogen (secondary N) is 3. The van der Waals surface area contributed by atoms with E-state index in [1.807, 2.05) is 38.1 Å². The molecule has 4 heterocycles. The SMILES string of the molecule is CCC(=O)C1OC1CCC[C@@H]1NC(=O)C2CCCCN2C(=O)[C@H](C(C)CC)NC(=O)[C@H](Cc2cn(OC)c3ccccc23)NC1=O. The summed E-state index contributed by atoms with van der Waals surface area (Å²) >= 11 is 0. The lowest BCUT2D eigenvalue weighted by Gasteiger charge is -2.39. The number of Topliss-reactive ketones (excluding diaryl/α,β-unsaturated/α-hetero) is 1. The van der Waals surface area contributed by atoms with Crippen LogP contribution in [0, 0.1) is 5.92 Å². The Labute approximate surface area is 269 Å². The summed E-state index contributed by atoms with van der Waals surface area (Å²) in [5.74, 6) is -1.73. The number of hydrogen-bond donors (Lipinski definition) is 3. The number of fused-ring (bicyclic) bond motifs is 2. The smallest absolute Gasteiger partial charge is 0.246 e. The third-order valence-corrected chi connectivity index (χ3v) is 9.74. The molecule has 46 heavy (non-hydrogen) atoms. The third-order valence-electron chi connectivity index (χ3n) is 9.74. The molecule has 0 saturated carbocycles. The molecule has 4 unspecified atom stereocenters. The molecule has 3 aliphatic rings. The first kappa shape index (κ1) is 33.4. The summed E-state index contributed by atoms with van der Waals surface area (Å²) in [5.41, 5.74) is 1.60. The number of nitrogens with zero attached hydrogens (tertiary/aromatic N) is 2. The van der Waals surface area contributed by atoms with Gasteiger partial charge in [0.05, 0.1) is 11.6 Å². The van der Waals surface area contributed by atoms with E-state index >= 15 is 0 Å². The summed E-state index contributed by atoms with van der Waals surface area (Å²) in [7, 11) is 1.55. The quantitative estimate of drug-likeness (QED) is 0.319. The van der Waals surface area contributed by atoms with Crippen LogP contribution in [-0.2, 0) is 35.1 Å². The van der Waals surface area contributed by atoms with Crippen molar-refractivity contribution in [2.75, 3.05) is 13.7 Å². The van der Waals surface area contributed by atoms with E-state index < -0.39 is 42.1 Å². The highest BCUT2D eigenvalue weighted by Gasteiger charge is 2.44. The number of epoxide rings is 1. The second-order valence-corrected chi connectivity index (χ2v) is 12.8. The summed E-state index contributed by atoms with van der Waals surface area (Å²) in [6.45, 7) is 6.07. The van der Waals surface area contributed by atoms with Crippen LogP contribution in [0.1, 0.15) is 77.7 Å². The highest BCUT2D eigenvalue weighted by Crippen LogP contribution is 2.29.